The summed E-state index contributed by atoms with van der Waals surface area (Å²) in [6, 6.07) is 0. The quantitative estimate of drug-likeness (QED) is 0.600. The minimum absolute atomic E-state index is 0.169. The largest absolute Gasteiger partial charge is 0.394 e. The van der Waals surface area contributed by atoms with Gasteiger partial charge in [-0.25, -0.2) is 0 Å². The van der Waals surface area contributed by atoms with Crippen LogP contribution in [0.2, 0.25) is 0 Å². The van der Waals surface area contributed by atoms with Crippen LogP contribution in [0.5, 0.6) is 0 Å². The average Bonchev–Trinajstić information content (AvgIpc) is 2.93. The summed E-state index contributed by atoms with van der Waals surface area (Å²) in [6.07, 6.45) is 7.07. The Morgan fingerprint density at radius 3 is 2.53 bits per heavy atom. The van der Waals surface area contributed by atoms with Gasteiger partial charge in [0.1, 0.15) is 0 Å². The fraction of sp³-hybridized carbons (Fsp3) is 0.750. The SMILES string of the molecule is CC1(C(F)(F)F)CC=C(CC2CC3C=CC2C3)CC1. The van der Waals surface area contributed by atoms with Gasteiger partial charge in [0.15, 0.2) is 0 Å². The van der Waals surface area contributed by atoms with E-state index in [1.807, 2.05) is 6.08 Å². The van der Waals surface area contributed by atoms with Gasteiger partial charge in [-0.1, -0.05) is 30.7 Å². The summed E-state index contributed by atoms with van der Waals surface area (Å²) in [5.74, 6) is 2.14. The minimum atomic E-state index is -4.07. The molecule has 0 spiro atoms. The Balaban J connectivity index is 1.61. The molecule has 0 heterocycles. The van der Waals surface area contributed by atoms with Crippen molar-refractivity contribution in [1.29, 1.82) is 0 Å². The van der Waals surface area contributed by atoms with Crippen molar-refractivity contribution in [3.05, 3.63) is 23.8 Å². The van der Waals surface area contributed by atoms with Crippen molar-refractivity contribution in [1.82, 2.24) is 0 Å². The third-order valence-corrected chi connectivity index (χ3v) is 5.46. The van der Waals surface area contributed by atoms with E-state index in [9.17, 15) is 13.2 Å². The van der Waals surface area contributed by atoms with Crippen LogP contribution in [0.3, 0.4) is 0 Å². The molecule has 19 heavy (non-hydrogen) atoms. The van der Waals surface area contributed by atoms with Gasteiger partial charge in [-0.15, -0.1) is 0 Å². The van der Waals surface area contributed by atoms with Gasteiger partial charge >= 0.3 is 6.18 Å². The van der Waals surface area contributed by atoms with Gasteiger partial charge in [0.05, 0.1) is 5.41 Å². The van der Waals surface area contributed by atoms with E-state index in [2.05, 4.69) is 12.2 Å². The summed E-state index contributed by atoms with van der Waals surface area (Å²) >= 11 is 0. The molecular weight excluding hydrogens is 249 g/mol. The number of alkyl halides is 3. The number of halogens is 3. The van der Waals surface area contributed by atoms with Gasteiger partial charge in [-0.05, 0) is 56.3 Å². The summed E-state index contributed by atoms with van der Waals surface area (Å²) in [5, 5.41) is 0. The van der Waals surface area contributed by atoms with E-state index in [4.69, 9.17) is 0 Å². The summed E-state index contributed by atoms with van der Waals surface area (Å²) in [4.78, 5) is 0. The van der Waals surface area contributed by atoms with Gasteiger partial charge in [-0.2, -0.15) is 13.2 Å². The molecule has 3 aliphatic carbocycles. The molecule has 3 rings (SSSR count). The number of fused-ring (bicyclic) bond motifs is 2. The van der Waals surface area contributed by atoms with Crippen LogP contribution in [-0.2, 0) is 0 Å². The molecule has 3 heteroatoms. The van der Waals surface area contributed by atoms with Crippen LogP contribution in [0.25, 0.3) is 0 Å². The van der Waals surface area contributed by atoms with Crippen LogP contribution in [-0.4, -0.2) is 6.18 Å². The summed E-state index contributed by atoms with van der Waals surface area (Å²) in [7, 11) is 0. The fourth-order valence-electron chi connectivity index (χ4n) is 3.92. The first-order valence-electron chi connectivity index (χ1n) is 7.30. The van der Waals surface area contributed by atoms with E-state index in [1.165, 1.54) is 25.3 Å². The van der Waals surface area contributed by atoms with Gasteiger partial charge in [0.25, 0.3) is 0 Å². The van der Waals surface area contributed by atoms with E-state index in [-0.39, 0.29) is 12.8 Å². The Morgan fingerprint density at radius 2 is 2.05 bits per heavy atom. The van der Waals surface area contributed by atoms with Crippen LogP contribution in [0.1, 0.15) is 45.4 Å². The molecule has 0 saturated heterocycles. The van der Waals surface area contributed by atoms with Crippen molar-refractivity contribution in [3.63, 3.8) is 0 Å². The smallest absolute Gasteiger partial charge is 0.171 e. The molecule has 0 aromatic heterocycles. The van der Waals surface area contributed by atoms with Gasteiger partial charge in [-0.3, -0.25) is 0 Å². The monoisotopic (exact) mass is 270 g/mol. The second-order valence-corrected chi connectivity index (χ2v) is 6.87. The zero-order valence-electron chi connectivity index (χ0n) is 11.3. The molecule has 2 bridgehead atoms. The fourth-order valence-corrected chi connectivity index (χ4v) is 3.92. The Labute approximate surface area is 112 Å². The molecule has 0 aromatic rings. The lowest BCUT2D eigenvalue weighted by Gasteiger charge is -2.35. The molecule has 0 N–H and O–H groups in total. The molecule has 0 amide bonds. The van der Waals surface area contributed by atoms with E-state index >= 15 is 0 Å². The van der Waals surface area contributed by atoms with Gasteiger partial charge < -0.3 is 0 Å². The van der Waals surface area contributed by atoms with Gasteiger partial charge in [0.2, 0.25) is 0 Å². The normalized spacial score (nSPS) is 41.7. The zero-order valence-corrected chi connectivity index (χ0v) is 11.3. The van der Waals surface area contributed by atoms with Crippen molar-refractivity contribution in [3.8, 4) is 0 Å². The number of hydrogen-bond donors (Lipinski definition) is 0. The lowest BCUT2D eigenvalue weighted by Crippen LogP contribution is -2.36. The third kappa shape index (κ3) is 2.36. The second kappa shape index (κ2) is 4.39. The third-order valence-electron chi connectivity index (χ3n) is 5.46. The highest BCUT2D eigenvalue weighted by Crippen LogP contribution is 2.51. The van der Waals surface area contributed by atoms with E-state index in [0.717, 1.165) is 12.3 Å². The predicted octanol–water partition coefficient (Wildman–Crippen LogP) is 5.27. The predicted molar refractivity (Wildman–Crippen MR) is 69.6 cm³/mol. The Bertz CT molecular complexity index is 418. The highest BCUT2D eigenvalue weighted by Gasteiger charge is 2.50. The molecule has 1 fully saturated rings. The molecular formula is C16H21F3. The Hall–Kier alpha value is -0.730. The maximum absolute atomic E-state index is 12.9. The summed E-state index contributed by atoms with van der Waals surface area (Å²) < 4.78 is 38.8. The molecule has 4 atom stereocenters. The number of allylic oxidation sites excluding steroid dienone is 4. The van der Waals surface area contributed by atoms with Crippen LogP contribution in [0, 0.1) is 23.2 Å². The average molecular weight is 270 g/mol. The first-order chi connectivity index (χ1) is 8.87. The van der Waals surface area contributed by atoms with Crippen LogP contribution in [0.15, 0.2) is 23.8 Å². The molecule has 4 unspecified atom stereocenters. The first-order valence-corrected chi connectivity index (χ1v) is 7.30. The maximum Gasteiger partial charge on any atom is 0.394 e. The highest BCUT2D eigenvalue weighted by molar-refractivity contribution is 5.16. The standard InChI is InChI=1S/C16H21F3/c1-15(16(17,18)19)6-4-11(5-7-15)8-14-10-12-2-3-13(14)9-12/h2-4,12-14H,5-10H2,1H3. The molecule has 0 aliphatic heterocycles. The lowest BCUT2D eigenvalue weighted by atomic mass is 9.74. The van der Waals surface area contributed by atoms with Crippen LogP contribution < -0.4 is 0 Å². The molecule has 106 valence electrons. The Kier molecular flexibility index (Phi) is 3.06. The molecule has 0 nitrogen and oxygen atoms in total. The molecule has 0 radical (unpaired) electrons. The first kappa shape index (κ1) is 13.3. The van der Waals surface area contributed by atoms with E-state index in [1.54, 1.807) is 0 Å². The lowest BCUT2D eigenvalue weighted by molar-refractivity contribution is -0.220. The van der Waals surface area contributed by atoms with Crippen LogP contribution in [0.4, 0.5) is 13.2 Å². The summed E-state index contributed by atoms with van der Waals surface area (Å²) in [6.45, 7) is 1.36. The van der Waals surface area contributed by atoms with E-state index in [0.29, 0.717) is 18.3 Å². The Morgan fingerprint density at radius 1 is 1.26 bits per heavy atom. The van der Waals surface area contributed by atoms with Crippen molar-refractivity contribution in [2.75, 3.05) is 0 Å². The maximum atomic E-state index is 12.9. The molecule has 3 aliphatic rings. The molecule has 1 saturated carbocycles. The van der Waals surface area contributed by atoms with Crippen molar-refractivity contribution >= 4 is 0 Å². The number of rotatable bonds is 2. The topological polar surface area (TPSA) is 0 Å². The zero-order chi connectivity index (χ0) is 13.7. The minimum Gasteiger partial charge on any atom is -0.171 e. The molecule has 0 aromatic carbocycles. The van der Waals surface area contributed by atoms with Gasteiger partial charge in [0, 0.05) is 0 Å². The van der Waals surface area contributed by atoms with E-state index < -0.39 is 11.6 Å². The van der Waals surface area contributed by atoms with Crippen molar-refractivity contribution < 1.29 is 13.2 Å². The van der Waals surface area contributed by atoms with Crippen molar-refractivity contribution in [2.24, 2.45) is 23.2 Å². The highest BCUT2D eigenvalue weighted by atomic mass is 19.4. The second-order valence-electron chi connectivity index (χ2n) is 6.87. The van der Waals surface area contributed by atoms with Crippen molar-refractivity contribution in [2.45, 2.75) is 51.6 Å². The number of hydrogen-bond acceptors (Lipinski definition) is 0. The summed E-state index contributed by atoms with van der Waals surface area (Å²) in [5.41, 5.74) is -0.224. The van der Waals surface area contributed by atoms with Crippen LogP contribution >= 0.6 is 0 Å².